The number of aromatic nitrogens is 1. The van der Waals surface area contributed by atoms with Crippen molar-refractivity contribution >= 4 is 11.3 Å². The van der Waals surface area contributed by atoms with Crippen LogP contribution in [0.4, 0.5) is 0 Å². The first-order chi connectivity index (χ1) is 7.86. The van der Waals surface area contributed by atoms with E-state index < -0.39 is 0 Å². The fourth-order valence-corrected chi connectivity index (χ4v) is 2.50. The molecule has 0 aromatic carbocycles. The molecule has 1 aromatic rings. The Balaban J connectivity index is 2.24. The van der Waals surface area contributed by atoms with E-state index in [-0.39, 0.29) is 0 Å². The average Bonchev–Trinajstić information content (AvgIpc) is 2.77. The standard InChI is InChI=1S/C12H22N2OS/c1-3-4-11(10-13-5-7-15-2)9-12-14-6-8-16-12/h6,8,11,13H,3-5,7,9-10H2,1-2H3. The maximum atomic E-state index is 5.02. The van der Waals surface area contributed by atoms with Gasteiger partial charge in [-0.05, 0) is 18.9 Å². The van der Waals surface area contributed by atoms with Crippen molar-refractivity contribution in [1.82, 2.24) is 10.3 Å². The van der Waals surface area contributed by atoms with E-state index in [0.717, 1.165) is 26.1 Å². The molecule has 0 aliphatic carbocycles. The van der Waals surface area contributed by atoms with Gasteiger partial charge in [0.25, 0.3) is 0 Å². The predicted molar refractivity (Wildman–Crippen MR) is 69.0 cm³/mol. The zero-order valence-corrected chi connectivity index (χ0v) is 11.1. The van der Waals surface area contributed by atoms with Crippen LogP contribution in [0.25, 0.3) is 0 Å². The highest BCUT2D eigenvalue weighted by atomic mass is 32.1. The van der Waals surface area contributed by atoms with Crippen LogP contribution in [0.15, 0.2) is 11.6 Å². The van der Waals surface area contributed by atoms with Gasteiger partial charge in [0.15, 0.2) is 0 Å². The lowest BCUT2D eigenvalue weighted by Crippen LogP contribution is -2.27. The molecule has 1 rings (SSSR count). The number of nitrogens with one attached hydrogen (secondary N) is 1. The van der Waals surface area contributed by atoms with Crippen LogP contribution in [0.2, 0.25) is 0 Å². The Hall–Kier alpha value is -0.450. The molecule has 4 heteroatoms. The van der Waals surface area contributed by atoms with Gasteiger partial charge in [-0.1, -0.05) is 13.3 Å². The largest absolute Gasteiger partial charge is 0.383 e. The molecular formula is C12H22N2OS. The van der Waals surface area contributed by atoms with Crippen molar-refractivity contribution in [3.05, 3.63) is 16.6 Å². The van der Waals surface area contributed by atoms with Crippen molar-refractivity contribution in [2.75, 3.05) is 26.8 Å². The van der Waals surface area contributed by atoms with Gasteiger partial charge in [-0.15, -0.1) is 11.3 Å². The molecule has 0 spiro atoms. The second-order valence-corrected chi connectivity index (χ2v) is 4.96. The van der Waals surface area contributed by atoms with Crippen LogP contribution in [0.5, 0.6) is 0 Å². The fraction of sp³-hybridized carbons (Fsp3) is 0.750. The summed E-state index contributed by atoms with van der Waals surface area (Å²) in [5, 5.41) is 6.74. The van der Waals surface area contributed by atoms with Crippen LogP contribution < -0.4 is 5.32 Å². The number of nitrogens with zero attached hydrogens (tertiary/aromatic N) is 1. The Morgan fingerprint density at radius 1 is 1.56 bits per heavy atom. The zero-order chi connectivity index (χ0) is 11.6. The quantitative estimate of drug-likeness (QED) is 0.675. The first kappa shape index (κ1) is 13.6. The number of methoxy groups -OCH3 is 1. The van der Waals surface area contributed by atoms with Crippen LogP contribution in [-0.2, 0) is 11.2 Å². The first-order valence-electron chi connectivity index (χ1n) is 5.94. The summed E-state index contributed by atoms with van der Waals surface area (Å²) in [5.41, 5.74) is 0. The molecule has 1 unspecified atom stereocenters. The normalized spacial score (nSPS) is 12.9. The van der Waals surface area contributed by atoms with E-state index in [1.165, 1.54) is 17.8 Å². The number of ether oxygens (including phenoxy) is 1. The summed E-state index contributed by atoms with van der Waals surface area (Å²) in [6.45, 7) is 5.03. The van der Waals surface area contributed by atoms with Crippen LogP contribution in [-0.4, -0.2) is 31.8 Å². The molecule has 0 saturated carbocycles. The molecule has 0 amide bonds. The Kier molecular flexibility index (Phi) is 7.38. The molecule has 0 aliphatic rings. The molecule has 0 fully saturated rings. The van der Waals surface area contributed by atoms with Gasteiger partial charge in [0.1, 0.15) is 0 Å². The molecule has 1 aromatic heterocycles. The van der Waals surface area contributed by atoms with Crippen molar-refractivity contribution in [3.8, 4) is 0 Å². The maximum absolute atomic E-state index is 5.02. The summed E-state index contributed by atoms with van der Waals surface area (Å²) >= 11 is 1.76. The first-order valence-corrected chi connectivity index (χ1v) is 6.82. The molecule has 0 radical (unpaired) electrons. The van der Waals surface area contributed by atoms with Crippen molar-refractivity contribution in [1.29, 1.82) is 0 Å². The lowest BCUT2D eigenvalue weighted by molar-refractivity contribution is 0.197. The second kappa shape index (κ2) is 8.67. The minimum atomic E-state index is 0.702. The Morgan fingerprint density at radius 2 is 2.44 bits per heavy atom. The lowest BCUT2D eigenvalue weighted by atomic mass is 10.0. The molecule has 92 valence electrons. The molecule has 0 aliphatic heterocycles. The Morgan fingerprint density at radius 3 is 3.06 bits per heavy atom. The summed E-state index contributed by atoms with van der Waals surface area (Å²) < 4.78 is 5.02. The highest BCUT2D eigenvalue weighted by molar-refractivity contribution is 7.09. The lowest BCUT2D eigenvalue weighted by Gasteiger charge is -2.15. The second-order valence-electron chi connectivity index (χ2n) is 3.98. The summed E-state index contributed by atoms with van der Waals surface area (Å²) in [5.74, 6) is 0.702. The summed E-state index contributed by atoms with van der Waals surface area (Å²) in [6, 6.07) is 0. The predicted octanol–water partition coefficient (Wildman–Crippen LogP) is 2.34. The van der Waals surface area contributed by atoms with E-state index in [2.05, 4.69) is 22.6 Å². The van der Waals surface area contributed by atoms with Crippen LogP contribution in [0.3, 0.4) is 0 Å². The molecule has 3 nitrogen and oxygen atoms in total. The minimum Gasteiger partial charge on any atom is -0.383 e. The highest BCUT2D eigenvalue weighted by Gasteiger charge is 2.09. The minimum absolute atomic E-state index is 0.702. The zero-order valence-electron chi connectivity index (χ0n) is 10.2. The molecule has 0 bridgehead atoms. The van der Waals surface area contributed by atoms with Crippen molar-refractivity contribution in [3.63, 3.8) is 0 Å². The van der Waals surface area contributed by atoms with Gasteiger partial charge in [0.05, 0.1) is 11.6 Å². The number of thiazole rings is 1. The van der Waals surface area contributed by atoms with Crippen molar-refractivity contribution in [2.45, 2.75) is 26.2 Å². The third kappa shape index (κ3) is 5.58. The van der Waals surface area contributed by atoms with Gasteiger partial charge in [-0.3, -0.25) is 0 Å². The topological polar surface area (TPSA) is 34.1 Å². The summed E-state index contributed by atoms with van der Waals surface area (Å²) in [7, 11) is 1.74. The third-order valence-electron chi connectivity index (χ3n) is 2.56. The molecule has 16 heavy (non-hydrogen) atoms. The van der Waals surface area contributed by atoms with Gasteiger partial charge in [0.2, 0.25) is 0 Å². The number of hydrogen-bond acceptors (Lipinski definition) is 4. The highest BCUT2D eigenvalue weighted by Crippen LogP contribution is 2.15. The van der Waals surface area contributed by atoms with Gasteiger partial charge in [-0.25, -0.2) is 4.98 Å². The van der Waals surface area contributed by atoms with E-state index in [0.29, 0.717) is 5.92 Å². The molecule has 0 saturated heterocycles. The SMILES string of the molecule is CCCC(CNCCOC)Cc1nccs1. The van der Waals surface area contributed by atoms with E-state index in [9.17, 15) is 0 Å². The van der Waals surface area contributed by atoms with Gasteiger partial charge in [-0.2, -0.15) is 0 Å². The van der Waals surface area contributed by atoms with Gasteiger partial charge < -0.3 is 10.1 Å². The molecule has 1 N–H and O–H groups in total. The number of hydrogen-bond donors (Lipinski definition) is 1. The Labute approximate surface area is 102 Å². The molecule has 1 atom stereocenters. The van der Waals surface area contributed by atoms with Crippen molar-refractivity contribution in [2.24, 2.45) is 5.92 Å². The average molecular weight is 242 g/mol. The van der Waals surface area contributed by atoms with Crippen LogP contribution >= 0.6 is 11.3 Å². The Bertz CT molecular complexity index is 252. The van der Waals surface area contributed by atoms with Crippen LogP contribution in [0.1, 0.15) is 24.8 Å². The van der Waals surface area contributed by atoms with E-state index in [1.54, 1.807) is 18.4 Å². The summed E-state index contributed by atoms with van der Waals surface area (Å²) in [4.78, 5) is 4.35. The maximum Gasteiger partial charge on any atom is 0.0928 e. The fourth-order valence-electron chi connectivity index (χ4n) is 1.77. The van der Waals surface area contributed by atoms with Crippen LogP contribution in [0, 0.1) is 5.92 Å². The van der Waals surface area contributed by atoms with Gasteiger partial charge >= 0.3 is 0 Å². The summed E-state index contributed by atoms with van der Waals surface area (Å²) in [6.07, 6.45) is 5.49. The third-order valence-corrected chi connectivity index (χ3v) is 3.36. The van der Waals surface area contributed by atoms with Crippen molar-refractivity contribution < 1.29 is 4.74 Å². The van der Waals surface area contributed by atoms with E-state index in [1.807, 2.05) is 6.20 Å². The smallest absolute Gasteiger partial charge is 0.0928 e. The number of rotatable bonds is 9. The van der Waals surface area contributed by atoms with Gasteiger partial charge in [0, 0.05) is 31.7 Å². The molecular weight excluding hydrogens is 220 g/mol. The molecule has 1 heterocycles. The van der Waals surface area contributed by atoms with E-state index >= 15 is 0 Å². The monoisotopic (exact) mass is 242 g/mol. The van der Waals surface area contributed by atoms with E-state index in [4.69, 9.17) is 4.74 Å².